The summed E-state index contributed by atoms with van der Waals surface area (Å²) < 4.78 is 12.0. The maximum Gasteiger partial charge on any atom is 0.189 e. The number of hydrazine groups is 1. The van der Waals surface area contributed by atoms with Gasteiger partial charge < -0.3 is 0 Å². The third kappa shape index (κ3) is 3.27. The molecule has 1 aromatic rings. The second-order valence-corrected chi connectivity index (χ2v) is 12.2. The lowest BCUT2D eigenvalue weighted by atomic mass is 9.97. The first-order valence-electron chi connectivity index (χ1n) is 10.2. The molecule has 8 nitrogen and oxygen atoms in total. The first-order chi connectivity index (χ1) is 14.9. The third-order valence-corrected chi connectivity index (χ3v) is 10.4. The Labute approximate surface area is 197 Å². The number of thioether (sulfide) groups is 2. The second-order valence-electron chi connectivity index (χ2n) is 7.35. The third-order valence-electron chi connectivity index (χ3n) is 5.62. The van der Waals surface area contributed by atoms with E-state index in [1.54, 1.807) is 11.9 Å². The highest BCUT2D eigenvalue weighted by Gasteiger charge is 2.67. The van der Waals surface area contributed by atoms with E-state index in [0.717, 1.165) is 65.6 Å². The number of anilines is 1. The number of aromatic nitrogens is 1. The van der Waals surface area contributed by atoms with Crippen LogP contribution in [0.25, 0.3) is 0 Å². The van der Waals surface area contributed by atoms with Crippen LogP contribution in [0.3, 0.4) is 0 Å². The lowest BCUT2D eigenvalue weighted by Gasteiger charge is -2.47. The van der Waals surface area contributed by atoms with Gasteiger partial charge >= 0.3 is 0 Å². The molecule has 0 aromatic carbocycles. The van der Waals surface area contributed by atoms with E-state index < -0.39 is 5.66 Å². The Morgan fingerprint density at radius 1 is 1.23 bits per heavy atom. The normalized spacial score (nSPS) is 35.5. The molecule has 3 saturated heterocycles. The van der Waals surface area contributed by atoms with Gasteiger partial charge in [0, 0.05) is 54.4 Å². The first-order valence-corrected chi connectivity index (χ1v) is 14.9. The van der Waals surface area contributed by atoms with Crippen LogP contribution in [0.4, 0.5) is 5.82 Å². The predicted octanol–water partition coefficient (Wildman–Crippen LogP) is 2.79. The summed E-state index contributed by atoms with van der Waals surface area (Å²) in [5.74, 6) is 5.09. The fourth-order valence-electron chi connectivity index (χ4n) is 4.43. The fraction of sp³-hybridized carbons (Fsp3) is 0.706. The van der Waals surface area contributed by atoms with Gasteiger partial charge in [-0.05, 0) is 36.0 Å². The Kier molecular flexibility index (Phi) is 6.01. The van der Waals surface area contributed by atoms with E-state index in [4.69, 9.17) is 14.2 Å². The van der Waals surface area contributed by atoms with Gasteiger partial charge in [0.1, 0.15) is 10.5 Å². The lowest BCUT2D eigenvalue weighted by molar-refractivity contribution is 0.0545. The van der Waals surface area contributed by atoms with Gasteiger partial charge in [-0.3, -0.25) is 10.3 Å². The standard InChI is InChI=1S/C17H23N7OS5/c1-6-22(30-7-1)17(15-18-4-10-26-15)14(12-2-8-28-20-12)25-24(13-3-9-29-21-13)23(17)16-19-5-11-27-16/h3,9,14,16,19H,1-2,4-8,10-11H2. The zero-order valence-corrected chi connectivity index (χ0v) is 20.4. The molecule has 30 heavy (non-hydrogen) atoms. The van der Waals surface area contributed by atoms with Gasteiger partial charge in [-0.25, -0.2) is 13.5 Å². The molecular formula is C17H23N7OS5. The Morgan fingerprint density at radius 3 is 2.90 bits per heavy atom. The average molecular weight is 502 g/mol. The van der Waals surface area contributed by atoms with E-state index in [1.165, 1.54) is 18.0 Å². The van der Waals surface area contributed by atoms with Crippen molar-refractivity contribution in [1.29, 1.82) is 0 Å². The summed E-state index contributed by atoms with van der Waals surface area (Å²) in [5, 5.41) is 11.2. The summed E-state index contributed by atoms with van der Waals surface area (Å²) in [4.78, 5) is 11.9. The van der Waals surface area contributed by atoms with E-state index >= 15 is 0 Å². The molecule has 3 fully saturated rings. The van der Waals surface area contributed by atoms with Gasteiger partial charge in [0.05, 0.1) is 5.71 Å². The van der Waals surface area contributed by atoms with Gasteiger partial charge in [0.2, 0.25) is 0 Å². The number of nitrogens with one attached hydrogen (secondary N) is 1. The molecule has 6 rings (SSSR count). The molecule has 0 spiro atoms. The topological polar surface area (TPSA) is 68.6 Å². The van der Waals surface area contributed by atoms with Gasteiger partial charge in [-0.1, -0.05) is 11.9 Å². The van der Waals surface area contributed by atoms with Crippen molar-refractivity contribution in [2.75, 3.05) is 47.8 Å². The van der Waals surface area contributed by atoms with Crippen LogP contribution in [0.15, 0.2) is 20.8 Å². The van der Waals surface area contributed by atoms with Crippen LogP contribution in [0.5, 0.6) is 0 Å². The molecule has 13 heteroatoms. The van der Waals surface area contributed by atoms with Gasteiger partial charge in [-0.2, -0.15) is 9.55 Å². The minimum atomic E-state index is -0.509. The zero-order valence-electron chi connectivity index (χ0n) is 16.3. The SMILES string of the molecule is c1cc(N2OC(C3=NSCC3)C(C3=NCCS3)(N3CCCS3)N2C2NCCS2)ns1. The summed E-state index contributed by atoms with van der Waals surface area (Å²) in [5.41, 5.74) is 0.718. The number of aliphatic imine (C=N–C) groups is 1. The maximum atomic E-state index is 6.81. The molecule has 3 unspecified atom stereocenters. The monoisotopic (exact) mass is 501 g/mol. The van der Waals surface area contributed by atoms with Crippen molar-refractivity contribution < 1.29 is 4.84 Å². The number of hydrogen-bond donors (Lipinski definition) is 1. The highest BCUT2D eigenvalue weighted by molar-refractivity contribution is 8.14. The molecule has 0 aliphatic carbocycles. The van der Waals surface area contributed by atoms with Crippen LogP contribution in [0.2, 0.25) is 0 Å². The highest BCUT2D eigenvalue weighted by atomic mass is 32.2. The minimum absolute atomic E-state index is 0.0939. The lowest BCUT2D eigenvalue weighted by Crippen LogP contribution is -2.70. The molecule has 1 N–H and O–H groups in total. The number of nitrogens with zero attached hydrogens (tertiary/aromatic N) is 6. The molecule has 6 heterocycles. The predicted molar refractivity (Wildman–Crippen MR) is 131 cm³/mol. The summed E-state index contributed by atoms with van der Waals surface area (Å²) in [6.07, 6.45) is 1.93. The van der Waals surface area contributed by atoms with Crippen LogP contribution in [-0.4, -0.2) is 84.4 Å². The maximum absolute atomic E-state index is 6.81. The molecule has 3 atom stereocenters. The van der Waals surface area contributed by atoms with Crippen LogP contribution in [0, 0.1) is 0 Å². The van der Waals surface area contributed by atoms with Crippen molar-refractivity contribution in [3.05, 3.63) is 11.4 Å². The smallest absolute Gasteiger partial charge is 0.189 e. The molecule has 0 saturated carbocycles. The van der Waals surface area contributed by atoms with E-state index in [9.17, 15) is 0 Å². The van der Waals surface area contributed by atoms with Crippen molar-refractivity contribution in [1.82, 2.24) is 19.0 Å². The van der Waals surface area contributed by atoms with E-state index in [0.29, 0.717) is 0 Å². The van der Waals surface area contributed by atoms with Gasteiger partial charge in [0.15, 0.2) is 17.6 Å². The van der Waals surface area contributed by atoms with Gasteiger partial charge in [-0.15, -0.1) is 28.5 Å². The Bertz CT molecular complexity index is 826. The van der Waals surface area contributed by atoms with Crippen LogP contribution in [-0.2, 0) is 4.84 Å². The minimum Gasteiger partial charge on any atom is -0.291 e. The number of hydrogen-bond acceptors (Lipinski definition) is 13. The Hall–Kier alpha value is 0.01000. The van der Waals surface area contributed by atoms with Crippen molar-refractivity contribution in [2.24, 2.45) is 9.39 Å². The first kappa shape index (κ1) is 20.6. The zero-order chi connectivity index (χ0) is 20.0. The van der Waals surface area contributed by atoms with Crippen LogP contribution in [0.1, 0.15) is 12.8 Å². The van der Waals surface area contributed by atoms with E-state index in [-0.39, 0.29) is 11.6 Å². The number of rotatable bonds is 5. The summed E-state index contributed by atoms with van der Waals surface area (Å²) in [6, 6.07) is 2.04. The molecule has 162 valence electrons. The highest BCUT2D eigenvalue weighted by Crippen LogP contribution is 2.50. The van der Waals surface area contributed by atoms with E-state index in [2.05, 4.69) is 19.0 Å². The molecular weight excluding hydrogens is 479 g/mol. The van der Waals surface area contributed by atoms with Gasteiger partial charge in [0.25, 0.3) is 0 Å². The Balaban J connectivity index is 1.54. The largest absolute Gasteiger partial charge is 0.291 e. The Morgan fingerprint density at radius 2 is 2.23 bits per heavy atom. The van der Waals surface area contributed by atoms with Crippen molar-refractivity contribution >= 4 is 75.5 Å². The average Bonchev–Trinajstić information content (AvgIpc) is 3.62. The fourth-order valence-corrected chi connectivity index (χ4v) is 9.08. The van der Waals surface area contributed by atoms with Crippen molar-refractivity contribution in [3.8, 4) is 0 Å². The summed E-state index contributed by atoms with van der Waals surface area (Å²) in [7, 11) is 0. The molecule has 0 radical (unpaired) electrons. The van der Waals surface area contributed by atoms with E-state index in [1.807, 2.05) is 52.1 Å². The van der Waals surface area contributed by atoms with Crippen molar-refractivity contribution in [3.63, 3.8) is 0 Å². The molecule has 1 aromatic heterocycles. The quantitative estimate of drug-likeness (QED) is 0.609. The van der Waals surface area contributed by atoms with Crippen LogP contribution >= 0.6 is 59.0 Å². The summed E-state index contributed by atoms with van der Waals surface area (Å²) >= 11 is 8.84. The molecule has 0 bridgehead atoms. The molecule has 5 aliphatic rings. The van der Waals surface area contributed by atoms with Crippen molar-refractivity contribution in [2.45, 2.75) is 30.1 Å². The van der Waals surface area contributed by atoms with Crippen LogP contribution < -0.4 is 10.5 Å². The summed E-state index contributed by atoms with van der Waals surface area (Å²) in [6.45, 7) is 2.87. The molecule has 0 amide bonds. The second kappa shape index (κ2) is 8.75. The molecule has 5 aliphatic heterocycles.